The number of halogens is 3. The fourth-order valence-corrected chi connectivity index (χ4v) is 4.17. The van der Waals surface area contributed by atoms with Crippen molar-refractivity contribution in [1.29, 1.82) is 0 Å². The summed E-state index contributed by atoms with van der Waals surface area (Å²) in [7, 11) is 0. The number of nitrogens with one attached hydrogen (secondary N) is 3. The van der Waals surface area contributed by atoms with E-state index in [1.807, 2.05) is 12.1 Å². The minimum Gasteiger partial charge on any atom is -0.434 e. The Labute approximate surface area is 187 Å². The van der Waals surface area contributed by atoms with Crippen LogP contribution >= 0.6 is 0 Å². The molecule has 2 atom stereocenters. The highest BCUT2D eigenvalue weighted by Crippen LogP contribution is 2.34. The first-order valence-corrected chi connectivity index (χ1v) is 10.6. The van der Waals surface area contributed by atoms with Gasteiger partial charge in [0.2, 0.25) is 5.95 Å². The average Bonchev–Trinajstić information content (AvgIpc) is 3.40. The zero-order valence-corrected chi connectivity index (χ0v) is 17.4. The van der Waals surface area contributed by atoms with Crippen LogP contribution < -0.4 is 15.4 Å². The van der Waals surface area contributed by atoms with E-state index in [2.05, 4.69) is 35.3 Å². The van der Waals surface area contributed by atoms with Gasteiger partial charge < -0.3 is 20.4 Å². The lowest BCUT2D eigenvalue weighted by molar-refractivity contribution is -0.0495. The van der Waals surface area contributed by atoms with E-state index in [4.69, 9.17) is 0 Å². The molecule has 0 saturated heterocycles. The van der Waals surface area contributed by atoms with E-state index in [0.717, 1.165) is 24.8 Å². The van der Waals surface area contributed by atoms with Crippen LogP contribution in [-0.2, 0) is 0 Å². The third-order valence-corrected chi connectivity index (χ3v) is 5.63. The van der Waals surface area contributed by atoms with Crippen LogP contribution in [-0.4, -0.2) is 38.6 Å². The van der Waals surface area contributed by atoms with Crippen LogP contribution in [0.15, 0.2) is 54.9 Å². The van der Waals surface area contributed by atoms with E-state index >= 15 is 0 Å². The molecule has 33 heavy (non-hydrogen) atoms. The number of hydrogen-bond donors (Lipinski definition) is 3. The second-order valence-corrected chi connectivity index (χ2v) is 7.88. The lowest BCUT2D eigenvalue weighted by Crippen LogP contribution is -2.21. The molecule has 1 fully saturated rings. The van der Waals surface area contributed by atoms with Gasteiger partial charge in [-0.1, -0.05) is 6.07 Å². The molecule has 10 heteroatoms. The predicted molar refractivity (Wildman–Crippen MR) is 119 cm³/mol. The number of H-pyrrole nitrogens is 1. The molecule has 1 aromatic carbocycles. The molecule has 4 aromatic rings. The van der Waals surface area contributed by atoms with Gasteiger partial charge in [-0.05, 0) is 55.7 Å². The van der Waals surface area contributed by atoms with Crippen LogP contribution in [0, 0.1) is 5.82 Å². The molecule has 7 nitrogen and oxygen atoms in total. The fourth-order valence-electron chi connectivity index (χ4n) is 4.17. The molecule has 0 amide bonds. The second-order valence-electron chi connectivity index (χ2n) is 7.88. The summed E-state index contributed by atoms with van der Waals surface area (Å²) in [6.45, 7) is -3.04. The van der Waals surface area contributed by atoms with E-state index in [1.54, 1.807) is 18.3 Å². The highest BCUT2D eigenvalue weighted by Gasteiger charge is 2.25. The van der Waals surface area contributed by atoms with Crippen molar-refractivity contribution in [3.05, 3.63) is 60.7 Å². The van der Waals surface area contributed by atoms with E-state index in [9.17, 15) is 13.2 Å². The van der Waals surface area contributed by atoms with Gasteiger partial charge in [0.25, 0.3) is 0 Å². The van der Waals surface area contributed by atoms with Gasteiger partial charge in [-0.25, -0.2) is 14.4 Å². The van der Waals surface area contributed by atoms with E-state index in [1.165, 1.54) is 24.4 Å². The van der Waals surface area contributed by atoms with Crippen molar-refractivity contribution in [3.63, 3.8) is 0 Å². The zero-order valence-electron chi connectivity index (χ0n) is 17.4. The number of benzene rings is 1. The monoisotopic (exact) mass is 454 g/mol. The van der Waals surface area contributed by atoms with Crippen LogP contribution in [0.5, 0.6) is 5.75 Å². The van der Waals surface area contributed by atoms with Crippen molar-refractivity contribution in [2.75, 3.05) is 10.6 Å². The van der Waals surface area contributed by atoms with Crippen molar-refractivity contribution in [1.82, 2.24) is 19.9 Å². The van der Waals surface area contributed by atoms with Gasteiger partial charge in [-0.3, -0.25) is 0 Å². The summed E-state index contributed by atoms with van der Waals surface area (Å²) in [5, 5.41) is 6.80. The number of fused-ring (bicyclic) bond motifs is 1. The largest absolute Gasteiger partial charge is 0.434 e. The van der Waals surface area contributed by atoms with E-state index < -0.39 is 12.4 Å². The summed E-state index contributed by atoms with van der Waals surface area (Å²) < 4.78 is 44.1. The maximum absolute atomic E-state index is 14.3. The van der Waals surface area contributed by atoms with Crippen molar-refractivity contribution in [3.8, 4) is 16.9 Å². The summed E-state index contributed by atoms with van der Waals surface area (Å²) >= 11 is 0. The Morgan fingerprint density at radius 2 is 1.85 bits per heavy atom. The second kappa shape index (κ2) is 8.97. The van der Waals surface area contributed by atoms with Crippen molar-refractivity contribution < 1.29 is 17.9 Å². The number of pyridine rings is 2. The minimum atomic E-state index is -3.04. The maximum atomic E-state index is 14.3. The summed E-state index contributed by atoms with van der Waals surface area (Å²) in [4.78, 5) is 16.3. The van der Waals surface area contributed by atoms with Crippen LogP contribution in [0.25, 0.3) is 22.3 Å². The number of ether oxygens (including phenoxy) is 1. The van der Waals surface area contributed by atoms with E-state index in [0.29, 0.717) is 23.0 Å². The van der Waals surface area contributed by atoms with Crippen LogP contribution in [0.4, 0.5) is 24.9 Å². The number of nitrogens with zero attached hydrogens (tertiary/aromatic N) is 3. The quantitative estimate of drug-likeness (QED) is 0.356. The van der Waals surface area contributed by atoms with E-state index in [-0.39, 0.29) is 23.4 Å². The summed E-state index contributed by atoms with van der Waals surface area (Å²) in [5.74, 6) is 0.452. The first kappa shape index (κ1) is 21.0. The Bertz CT molecular complexity index is 1210. The standard InChI is InChI=1S/C23H21F3N6O/c24-16-3-1-5-18(33-22(25)26)20(16)13-6-9-19(28-12-13)29-14-7-8-15(11-14)30-23-31-17-4-2-10-27-21(17)32-23/h1-6,9-10,12,14-15,22H,7-8,11H2,(H,28,29)(H2,27,30,31,32). The third kappa shape index (κ3) is 4.69. The van der Waals surface area contributed by atoms with Gasteiger partial charge in [-0.15, -0.1) is 0 Å². The smallest absolute Gasteiger partial charge is 0.387 e. The maximum Gasteiger partial charge on any atom is 0.387 e. The molecule has 0 spiro atoms. The van der Waals surface area contributed by atoms with Crippen molar-refractivity contribution >= 4 is 22.9 Å². The lowest BCUT2D eigenvalue weighted by atomic mass is 10.1. The molecule has 2 unspecified atom stereocenters. The SMILES string of the molecule is Fc1cccc(OC(F)F)c1-c1ccc(NC2CCC(Nc3nc4ncccc4[nH]3)C2)nc1. The average molecular weight is 454 g/mol. The number of aromatic nitrogens is 4. The molecule has 1 aliphatic rings. The number of rotatable bonds is 7. The molecule has 5 rings (SSSR count). The van der Waals surface area contributed by atoms with Crippen LogP contribution in [0.2, 0.25) is 0 Å². The Morgan fingerprint density at radius 3 is 2.61 bits per heavy atom. The fraction of sp³-hybridized carbons (Fsp3) is 0.261. The molecular formula is C23H21F3N6O. The first-order valence-electron chi connectivity index (χ1n) is 10.6. The van der Waals surface area contributed by atoms with Gasteiger partial charge in [0, 0.05) is 30.0 Å². The number of alkyl halides is 2. The molecular weight excluding hydrogens is 433 g/mol. The Morgan fingerprint density at radius 1 is 1.00 bits per heavy atom. The van der Waals surface area contributed by atoms with Gasteiger partial charge in [0.15, 0.2) is 5.65 Å². The zero-order chi connectivity index (χ0) is 22.8. The summed E-state index contributed by atoms with van der Waals surface area (Å²) in [6, 6.07) is 11.4. The number of anilines is 2. The molecule has 3 heterocycles. The molecule has 1 aliphatic carbocycles. The highest BCUT2D eigenvalue weighted by molar-refractivity contribution is 5.73. The van der Waals surface area contributed by atoms with Crippen molar-refractivity contribution in [2.45, 2.75) is 38.0 Å². The first-order chi connectivity index (χ1) is 16.0. The molecule has 3 N–H and O–H groups in total. The Kier molecular flexibility index (Phi) is 5.72. The third-order valence-electron chi connectivity index (χ3n) is 5.63. The summed E-state index contributed by atoms with van der Waals surface area (Å²) in [5.41, 5.74) is 1.88. The minimum absolute atomic E-state index is 0.0395. The normalized spacial score (nSPS) is 18.1. The Balaban J connectivity index is 1.22. The van der Waals surface area contributed by atoms with Gasteiger partial charge in [0.05, 0.1) is 11.1 Å². The molecule has 0 radical (unpaired) electrons. The molecule has 0 aliphatic heterocycles. The molecule has 1 saturated carbocycles. The summed E-state index contributed by atoms with van der Waals surface area (Å²) in [6.07, 6.45) is 5.93. The van der Waals surface area contributed by atoms with Gasteiger partial charge in [-0.2, -0.15) is 13.8 Å². The lowest BCUT2D eigenvalue weighted by Gasteiger charge is -2.15. The van der Waals surface area contributed by atoms with Crippen molar-refractivity contribution in [2.24, 2.45) is 0 Å². The number of aromatic amines is 1. The van der Waals surface area contributed by atoms with Crippen LogP contribution in [0.1, 0.15) is 19.3 Å². The van der Waals surface area contributed by atoms with Gasteiger partial charge >= 0.3 is 6.61 Å². The van der Waals surface area contributed by atoms with Gasteiger partial charge in [0.1, 0.15) is 17.4 Å². The molecule has 170 valence electrons. The van der Waals surface area contributed by atoms with Crippen LogP contribution in [0.3, 0.4) is 0 Å². The topological polar surface area (TPSA) is 87.8 Å². The number of hydrogen-bond acceptors (Lipinski definition) is 6. The number of imidazole rings is 1. The molecule has 3 aromatic heterocycles. The predicted octanol–water partition coefficient (Wildman–Crippen LogP) is 5.21. The Hall–Kier alpha value is -3.82. The highest BCUT2D eigenvalue weighted by atomic mass is 19.3. The molecule has 0 bridgehead atoms.